The number of aromatic nitrogens is 2. The first kappa shape index (κ1) is 17.3. The van der Waals surface area contributed by atoms with Crippen molar-refractivity contribution in [2.75, 3.05) is 10.6 Å². The normalized spacial score (nSPS) is 10.2. The Labute approximate surface area is 150 Å². The predicted molar refractivity (Wildman–Crippen MR) is 97.0 cm³/mol. The van der Waals surface area contributed by atoms with E-state index in [-0.39, 0.29) is 11.8 Å². The summed E-state index contributed by atoms with van der Waals surface area (Å²) in [5.74, 6) is -0.478. The third-order valence-electron chi connectivity index (χ3n) is 3.52. The lowest BCUT2D eigenvalue weighted by Gasteiger charge is -2.09. The van der Waals surface area contributed by atoms with Crippen LogP contribution in [0.5, 0.6) is 11.8 Å². The second-order valence-corrected chi connectivity index (χ2v) is 5.42. The third-order valence-corrected chi connectivity index (χ3v) is 3.52. The Balaban J connectivity index is 1.60. The summed E-state index contributed by atoms with van der Waals surface area (Å²) < 4.78 is 18.8. The number of urea groups is 1. The second-order valence-electron chi connectivity index (χ2n) is 5.42. The number of hydrogen-bond donors (Lipinski definition) is 2. The van der Waals surface area contributed by atoms with Gasteiger partial charge >= 0.3 is 12.0 Å². The molecule has 132 valence electrons. The van der Waals surface area contributed by atoms with Gasteiger partial charge in [0.2, 0.25) is 0 Å². The molecule has 0 aliphatic rings. The van der Waals surface area contributed by atoms with Gasteiger partial charge < -0.3 is 15.4 Å². The van der Waals surface area contributed by atoms with Crippen molar-refractivity contribution >= 4 is 17.4 Å². The first-order valence-corrected chi connectivity index (χ1v) is 8.05. The SMILES string of the molecule is CCc1cccc(NC(=O)Nc2cnc(Oc3ccccc3F)nc2)c1. The van der Waals surface area contributed by atoms with Gasteiger partial charge in [-0.2, -0.15) is 0 Å². The van der Waals surface area contributed by atoms with E-state index >= 15 is 0 Å². The molecule has 0 aliphatic carbocycles. The van der Waals surface area contributed by atoms with E-state index in [0.717, 1.165) is 12.0 Å². The summed E-state index contributed by atoms with van der Waals surface area (Å²) in [7, 11) is 0. The van der Waals surface area contributed by atoms with Gasteiger partial charge in [-0.05, 0) is 36.2 Å². The number of hydrogen-bond acceptors (Lipinski definition) is 4. The topological polar surface area (TPSA) is 76.1 Å². The van der Waals surface area contributed by atoms with Crippen LogP contribution >= 0.6 is 0 Å². The largest absolute Gasteiger partial charge is 0.421 e. The number of carbonyl (C=O) groups excluding carboxylic acids is 1. The molecule has 0 unspecified atom stereocenters. The van der Waals surface area contributed by atoms with Gasteiger partial charge in [-0.1, -0.05) is 31.2 Å². The number of amides is 2. The Morgan fingerprint density at radius 1 is 1.04 bits per heavy atom. The molecule has 0 aliphatic heterocycles. The number of aryl methyl sites for hydroxylation is 1. The van der Waals surface area contributed by atoms with Crippen LogP contribution in [0, 0.1) is 5.82 Å². The zero-order valence-electron chi connectivity index (χ0n) is 14.1. The van der Waals surface area contributed by atoms with Gasteiger partial charge in [0.1, 0.15) is 0 Å². The van der Waals surface area contributed by atoms with E-state index in [2.05, 4.69) is 20.6 Å². The molecular weight excluding hydrogens is 335 g/mol. The van der Waals surface area contributed by atoms with Crippen molar-refractivity contribution in [1.29, 1.82) is 0 Å². The van der Waals surface area contributed by atoms with Crippen molar-refractivity contribution in [2.24, 2.45) is 0 Å². The van der Waals surface area contributed by atoms with Crippen LogP contribution in [0.25, 0.3) is 0 Å². The Kier molecular flexibility index (Phi) is 5.38. The molecule has 0 saturated carbocycles. The van der Waals surface area contributed by atoms with Crippen LogP contribution in [0.1, 0.15) is 12.5 Å². The quantitative estimate of drug-likeness (QED) is 0.703. The number of rotatable bonds is 5. The molecule has 1 aromatic heterocycles. The molecule has 26 heavy (non-hydrogen) atoms. The molecule has 2 amide bonds. The van der Waals surface area contributed by atoms with Gasteiger partial charge in [0.25, 0.3) is 0 Å². The van der Waals surface area contributed by atoms with Crippen molar-refractivity contribution in [1.82, 2.24) is 9.97 Å². The fourth-order valence-corrected chi connectivity index (χ4v) is 2.22. The van der Waals surface area contributed by atoms with Gasteiger partial charge in [0.15, 0.2) is 11.6 Å². The number of benzene rings is 2. The van der Waals surface area contributed by atoms with Crippen LogP contribution in [0.2, 0.25) is 0 Å². The lowest BCUT2D eigenvalue weighted by Crippen LogP contribution is -2.19. The Hall–Kier alpha value is -3.48. The predicted octanol–water partition coefficient (Wildman–Crippen LogP) is 4.61. The third kappa shape index (κ3) is 4.54. The fraction of sp³-hybridized carbons (Fsp3) is 0.105. The van der Waals surface area contributed by atoms with Crippen LogP contribution in [-0.4, -0.2) is 16.0 Å². The van der Waals surface area contributed by atoms with E-state index < -0.39 is 11.8 Å². The van der Waals surface area contributed by atoms with E-state index in [1.807, 2.05) is 25.1 Å². The average Bonchev–Trinajstić information content (AvgIpc) is 2.65. The maximum absolute atomic E-state index is 13.5. The van der Waals surface area contributed by atoms with Gasteiger partial charge in [0.05, 0.1) is 18.1 Å². The van der Waals surface area contributed by atoms with Crippen molar-refractivity contribution in [3.63, 3.8) is 0 Å². The molecule has 3 aromatic rings. The number of anilines is 2. The number of para-hydroxylation sites is 1. The van der Waals surface area contributed by atoms with E-state index in [9.17, 15) is 9.18 Å². The maximum Gasteiger partial charge on any atom is 0.323 e. The van der Waals surface area contributed by atoms with Crippen molar-refractivity contribution in [2.45, 2.75) is 13.3 Å². The molecule has 2 aromatic carbocycles. The minimum absolute atomic E-state index is 0.0169. The van der Waals surface area contributed by atoms with Gasteiger partial charge in [-0.3, -0.25) is 0 Å². The van der Waals surface area contributed by atoms with Crippen LogP contribution < -0.4 is 15.4 Å². The standard InChI is InChI=1S/C19H17FN4O2/c1-2-13-6-5-7-14(10-13)23-18(25)24-15-11-21-19(22-12-15)26-17-9-4-3-8-16(17)20/h3-12H,2H2,1H3,(H2,23,24,25). The van der Waals surface area contributed by atoms with Crippen LogP contribution in [0.15, 0.2) is 60.9 Å². The van der Waals surface area contributed by atoms with E-state index in [1.165, 1.54) is 24.5 Å². The Morgan fingerprint density at radius 2 is 1.77 bits per heavy atom. The summed E-state index contributed by atoms with van der Waals surface area (Å²) in [6, 6.07) is 13.1. The average molecular weight is 352 g/mol. The van der Waals surface area contributed by atoms with Crippen molar-refractivity contribution < 1.29 is 13.9 Å². The summed E-state index contributed by atoms with van der Waals surface area (Å²) in [6.45, 7) is 2.04. The highest BCUT2D eigenvalue weighted by Crippen LogP contribution is 2.21. The highest BCUT2D eigenvalue weighted by molar-refractivity contribution is 5.99. The molecule has 0 saturated heterocycles. The zero-order chi connectivity index (χ0) is 18.4. The smallest absolute Gasteiger partial charge is 0.323 e. The molecule has 3 rings (SSSR count). The van der Waals surface area contributed by atoms with Crippen LogP contribution in [0.4, 0.5) is 20.6 Å². The fourth-order valence-electron chi connectivity index (χ4n) is 2.22. The minimum atomic E-state index is -0.507. The molecule has 0 atom stereocenters. The van der Waals surface area contributed by atoms with Gasteiger partial charge in [-0.15, -0.1) is 0 Å². The molecule has 2 N–H and O–H groups in total. The Bertz CT molecular complexity index is 900. The van der Waals surface area contributed by atoms with Gasteiger partial charge in [0, 0.05) is 5.69 Å². The number of nitrogens with zero attached hydrogens (tertiary/aromatic N) is 2. The van der Waals surface area contributed by atoms with E-state index in [1.54, 1.807) is 18.2 Å². The molecular formula is C19H17FN4O2. The van der Waals surface area contributed by atoms with Crippen molar-refractivity contribution in [3.8, 4) is 11.8 Å². The van der Waals surface area contributed by atoms with Crippen LogP contribution in [0.3, 0.4) is 0 Å². The lowest BCUT2D eigenvalue weighted by atomic mass is 10.1. The van der Waals surface area contributed by atoms with E-state index in [0.29, 0.717) is 11.4 Å². The number of carbonyl (C=O) groups is 1. The van der Waals surface area contributed by atoms with Gasteiger partial charge in [-0.25, -0.2) is 19.2 Å². The summed E-state index contributed by atoms with van der Waals surface area (Å²) in [6.07, 6.45) is 3.64. The summed E-state index contributed by atoms with van der Waals surface area (Å²) >= 11 is 0. The number of halogens is 1. The molecule has 7 heteroatoms. The first-order valence-electron chi connectivity index (χ1n) is 8.05. The van der Waals surface area contributed by atoms with Crippen molar-refractivity contribution in [3.05, 3.63) is 72.3 Å². The monoisotopic (exact) mass is 352 g/mol. The molecule has 0 bridgehead atoms. The summed E-state index contributed by atoms with van der Waals surface area (Å²) in [5, 5.41) is 5.37. The second kappa shape index (κ2) is 8.06. The molecule has 0 fully saturated rings. The molecule has 1 heterocycles. The molecule has 0 radical (unpaired) electrons. The van der Waals surface area contributed by atoms with E-state index in [4.69, 9.17) is 4.74 Å². The lowest BCUT2D eigenvalue weighted by molar-refractivity contribution is 0.262. The van der Waals surface area contributed by atoms with Crippen LogP contribution in [-0.2, 0) is 6.42 Å². The highest BCUT2D eigenvalue weighted by Gasteiger charge is 2.07. The first-order chi connectivity index (χ1) is 12.6. The maximum atomic E-state index is 13.5. The zero-order valence-corrected chi connectivity index (χ0v) is 14.1. The molecule has 0 spiro atoms. The summed E-state index contributed by atoms with van der Waals surface area (Å²) in [4.78, 5) is 20.0. The minimum Gasteiger partial charge on any atom is -0.421 e. The number of ether oxygens (including phenoxy) is 1. The highest BCUT2D eigenvalue weighted by atomic mass is 19.1. The number of nitrogens with one attached hydrogen (secondary N) is 2. The molecule has 6 nitrogen and oxygen atoms in total. The summed E-state index contributed by atoms with van der Waals surface area (Å²) in [5.41, 5.74) is 2.21. The Morgan fingerprint density at radius 3 is 2.50 bits per heavy atom.